The van der Waals surface area contributed by atoms with Crippen LogP contribution in [-0.2, 0) is 0 Å². The summed E-state index contributed by atoms with van der Waals surface area (Å²) in [7, 11) is 2.03. The summed E-state index contributed by atoms with van der Waals surface area (Å²) in [5.41, 5.74) is 2.96. The zero-order chi connectivity index (χ0) is 13.1. The fraction of sp³-hybridized carbons (Fsp3) is 0.600. The molecule has 18 heavy (non-hydrogen) atoms. The normalized spacial score (nSPS) is 18.5. The maximum absolute atomic E-state index is 3.60. The lowest BCUT2D eigenvalue weighted by Gasteiger charge is -2.24. The molecule has 2 nitrogen and oxygen atoms in total. The molecule has 100 valence electrons. The van der Waals surface area contributed by atoms with Crippen molar-refractivity contribution in [2.45, 2.75) is 38.6 Å². The van der Waals surface area contributed by atoms with Crippen molar-refractivity contribution in [2.75, 3.05) is 25.0 Å². The van der Waals surface area contributed by atoms with Crippen molar-refractivity contribution >= 4 is 21.6 Å². The SMILES string of the molecule is CNCCCC1CN(C(C)C)c2ccc(Br)cc21. The molecule has 1 unspecified atom stereocenters. The van der Waals surface area contributed by atoms with Gasteiger partial charge in [-0.3, -0.25) is 0 Å². The van der Waals surface area contributed by atoms with Gasteiger partial charge in [0.15, 0.2) is 0 Å². The Labute approximate surface area is 119 Å². The number of hydrogen-bond acceptors (Lipinski definition) is 2. The molecular formula is C15H23BrN2. The molecule has 0 aromatic heterocycles. The minimum Gasteiger partial charge on any atom is -0.368 e. The van der Waals surface area contributed by atoms with Crippen LogP contribution in [0, 0.1) is 0 Å². The van der Waals surface area contributed by atoms with E-state index in [1.165, 1.54) is 35.1 Å². The van der Waals surface area contributed by atoms with Crippen LogP contribution in [-0.4, -0.2) is 26.2 Å². The molecule has 0 saturated carbocycles. The van der Waals surface area contributed by atoms with Crippen LogP contribution in [0.5, 0.6) is 0 Å². The molecule has 0 bridgehead atoms. The maximum atomic E-state index is 3.60. The number of benzene rings is 1. The molecule has 1 heterocycles. The van der Waals surface area contributed by atoms with Crippen LogP contribution < -0.4 is 10.2 Å². The smallest absolute Gasteiger partial charge is 0.0405 e. The van der Waals surface area contributed by atoms with Crippen LogP contribution in [0.2, 0.25) is 0 Å². The number of rotatable bonds is 5. The quantitative estimate of drug-likeness (QED) is 0.833. The van der Waals surface area contributed by atoms with Gasteiger partial charge in [0, 0.05) is 28.7 Å². The first-order valence-corrected chi connectivity index (χ1v) is 7.63. The molecule has 0 saturated heterocycles. The molecule has 1 N–H and O–H groups in total. The Hall–Kier alpha value is -0.540. The molecular weight excluding hydrogens is 288 g/mol. The van der Waals surface area contributed by atoms with E-state index in [1.54, 1.807) is 0 Å². The number of hydrogen-bond donors (Lipinski definition) is 1. The Bertz CT molecular complexity index is 403. The molecule has 3 heteroatoms. The van der Waals surface area contributed by atoms with E-state index in [-0.39, 0.29) is 0 Å². The standard InChI is InChI=1S/C15H23BrN2/c1-11(2)18-10-12(5-4-8-17-3)14-9-13(16)6-7-15(14)18/h6-7,9,11-12,17H,4-5,8,10H2,1-3H3. The number of halogens is 1. The second-order valence-corrected chi connectivity index (χ2v) is 6.31. The summed E-state index contributed by atoms with van der Waals surface area (Å²) in [5, 5.41) is 3.24. The summed E-state index contributed by atoms with van der Waals surface area (Å²) in [5.74, 6) is 0.688. The fourth-order valence-electron chi connectivity index (χ4n) is 2.81. The highest BCUT2D eigenvalue weighted by Gasteiger charge is 2.29. The Balaban J connectivity index is 2.18. The van der Waals surface area contributed by atoms with Gasteiger partial charge in [0.2, 0.25) is 0 Å². The number of nitrogens with one attached hydrogen (secondary N) is 1. The molecule has 0 radical (unpaired) electrons. The summed E-state index contributed by atoms with van der Waals surface area (Å²) < 4.78 is 1.20. The maximum Gasteiger partial charge on any atom is 0.0405 e. The number of nitrogens with zero attached hydrogens (tertiary/aromatic N) is 1. The van der Waals surface area contributed by atoms with E-state index in [4.69, 9.17) is 0 Å². The van der Waals surface area contributed by atoms with Crippen LogP contribution in [0.1, 0.15) is 38.2 Å². The van der Waals surface area contributed by atoms with Gasteiger partial charge in [-0.1, -0.05) is 15.9 Å². The van der Waals surface area contributed by atoms with Crippen molar-refractivity contribution in [3.8, 4) is 0 Å². The van der Waals surface area contributed by atoms with Gasteiger partial charge in [-0.25, -0.2) is 0 Å². The van der Waals surface area contributed by atoms with Crippen LogP contribution in [0.25, 0.3) is 0 Å². The van der Waals surface area contributed by atoms with Crippen LogP contribution in [0.4, 0.5) is 5.69 Å². The van der Waals surface area contributed by atoms with E-state index in [2.05, 4.69) is 58.2 Å². The molecule has 0 fully saturated rings. The molecule has 2 rings (SSSR count). The zero-order valence-corrected chi connectivity index (χ0v) is 13.1. The average molecular weight is 311 g/mol. The van der Waals surface area contributed by atoms with E-state index >= 15 is 0 Å². The van der Waals surface area contributed by atoms with Crippen molar-refractivity contribution < 1.29 is 0 Å². The van der Waals surface area contributed by atoms with Gasteiger partial charge in [-0.05, 0) is 64.0 Å². The predicted octanol–water partition coefficient (Wildman–Crippen LogP) is 3.76. The molecule has 1 aromatic rings. The van der Waals surface area contributed by atoms with Gasteiger partial charge < -0.3 is 10.2 Å². The second-order valence-electron chi connectivity index (χ2n) is 5.39. The van der Waals surface area contributed by atoms with Crippen LogP contribution >= 0.6 is 15.9 Å². The van der Waals surface area contributed by atoms with Gasteiger partial charge >= 0.3 is 0 Å². The minimum absolute atomic E-state index is 0.583. The highest BCUT2D eigenvalue weighted by molar-refractivity contribution is 9.10. The van der Waals surface area contributed by atoms with E-state index in [1.807, 2.05) is 7.05 Å². The zero-order valence-electron chi connectivity index (χ0n) is 11.5. The fourth-order valence-corrected chi connectivity index (χ4v) is 3.19. The summed E-state index contributed by atoms with van der Waals surface area (Å²) in [4.78, 5) is 2.53. The third-order valence-electron chi connectivity index (χ3n) is 3.76. The molecule has 0 spiro atoms. The predicted molar refractivity (Wildman–Crippen MR) is 82.5 cm³/mol. The molecule has 1 atom stereocenters. The number of anilines is 1. The molecule has 0 amide bonds. The van der Waals surface area contributed by atoms with Gasteiger partial charge in [0.05, 0.1) is 0 Å². The molecule has 0 aliphatic carbocycles. The van der Waals surface area contributed by atoms with E-state index in [9.17, 15) is 0 Å². The van der Waals surface area contributed by atoms with Gasteiger partial charge in [0.1, 0.15) is 0 Å². The Morgan fingerprint density at radius 2 is 2.22 bits per heavy atom. The van der Waals surface area contributed by atoms with Crippen molar-refractivity contribution in [3.63, 3.8) is 0 Å². The largest absolute Gasteiger partial charge is 0.368 e. The summed E-state index contributed by atoms with van der Waals surface area (Å²) >= 11 is 3.60. The highest BCUT2D eigenvalue weighted by atomic mass is 79.9. The summed E-state index contributed by atoms with van der Waals surface area (Å²) in [6.07, 6.45) is 2.52. The van der Waals surface area contributed by atoms with E-state index in [0.717, 1.165) is 6.54 Å². The minimum atomic E-state index is 0.583. The monoisotopic (exact) mass is 310 g/mol. The van der Waals surface area contributed by atoms with E-state index in [0.29, 0.717) is 12.0 Å². The Morgan fingerprint density at radius 1 is 1.44 bits per heavy atom. The first-order valence-electron chi connectivity index (χ1n) is 6.84. The third kappa shape index (κ3) is 2.89. The van der Waals surface area contributed by atoms with Gasteiger partial charge in [0.25, 0.3) is 0 Å². The first-order chi connectivity index (χ1) is 8.63. The van der Waals surface area contributed by atoms with Crippen molar-refractivity contribution in [3.05, 3.63) is 28.2 Å². The topological polar surface area (TPSA) is 15.3 Å². The summed E-state index contributed by atoms with van der Waals surface area (Å²) in [6.45, 7) is 6.85. The lowest BCUT2D eigenvalue weighted by Crippen LogP contribution is -2.29. The lowest BCUT2D eigenvalue weighted by atomic mass is 9.96. The Morgan fingerprint density at radius 3 is 2.89 bits per heavy atom. The molecule has 1 aliphatic heterocycles. The molecule has 1 aromatic carbocycles. The lowest BCUT2D eigenvalue weighted by molar-refractivity contribution is 0.571. The van der Waals surface area contributed by atoms with Crippen molar-refractivity contribution in [1.82, 2.24) is 5.32 Å². The molecule has 1 aliphatic rings. The Kier molecular flexibility index (Phi) is 4.68. The average Bonchev–Trinajstić information content (AvgIpc) is 2.68. The third-order valence-corrected chi connectivity index (χ3v) is 4.25. The van der Waals surface area contributed by atoms with Gasteiger partial charge in [-0.2, -0.15) is 0 Å². The number of fused-ring (bicyclic) bond motifs is 1. The van der Waals surface area contributed by atoms with Crippen LogP contribution in [0.3, 0.4) is 0 Å². The van der Waals surface area contributed by atoms with Gasteiger partial charge in [-0.15, -0.1) is 0 Å². The highest BCUT2D eigenvalue weighted by Crippen LogP contribution is 2.41. The summed E-state index contributed by atoms with van der Waals surface area (Å²) in [6, 6.07) is 7.31. The second kappa shape index (κ2) is 6.07. The van der Waals surface area contributed by atoms with Crippen LogP contribution in [0.15, 0.2) is 22.7 Å². The van der Waals surface area contributed by atoms with Crippen molar-refractivity contribution in [2.24, 2.45) is 0 Å². The first kappa shape index (κ1) is 13.9. The van der Waals surface area contributed by atoms with Crippen molar-refractivity contribution in [1.29, 1.82) is 0 Å². The van der Waals surface area contributed by atoms with E-state index < -0.39 is 0 Å².